The van der Waals surface area contributed by atoms with Crippen LogP contribution in [0, 0.1) is 12.8 Å². The summed E-state index contributed by atoms with van der Waals surface area (Å²) in [5.41, 5.74) is 0. The molecule has 0 spiro atoms. The first kappa shape index (κ1) is 13.8. The fourth-order valence-corrected chi connectivity index (χ4v) is 3.84. The van der Waals surface area contributed by atoms with Crippen LogP contribution in [0.5, 0.6) is 0 Å². The summed E-state index contributed by atoms with van der Waals surface area (Å²) in [6, 6.07) is 2.22. The summed E-state index contributed by atoms with van der Waals surface area (Å²) in [5, 5.41) is 4.48. The number of hydrogen-bond donors (Lipinski definition) is 1. The van der Waals surface area contributed by atoms with Crippen LogP contribution < -0.4 is 10.2 Å². The number of piperidine rings is 1. The summed E-state index contributed by atoms with van der Waals surface area (Å²) >= 11 is 1.76. The van der Waals surface area contributed by atoms with Gasteiger partial charge in [-0.2, -0.15) is 0 Å². The predicted octanol–water partition coefficient (Wildman–Crippen LogP) is 2.83. The van der Waals surface area contributed by atoms with Gasteiger partial charge in [0.25, 0.3) is 0 Å². The summed E-state index contributed by atoms with van der Waals surface area (Å²) in [7, 11) is 2.03. The molecule has 1 aliphatic rings. The van der Waals surface area contributed by atoms with E-state index in [1.807, 2.05) is 7.05 Å². The maximum absolute atomic E-state index is 4.54. The van der Waals surface area contributed by atoms with E-state index in [1.165, 1.54) is 29.5 Å². The van der Waals surface area contributed by atoms with Gasteiger partial charge in [-0.15, -0.1) is 11.3 Å². The second-order valence-corrected chi connectivity index (χ2v) is 6.83. The smallest absolute Gasteiger partial charge is 0.140 e. The molecule has 5 heteroatoms. The summed E-state index contributed by atoms with van der Waals surface area (Å²) in [4.78, 5) is 13.8. The van der Waals surface area contributed by atoms with Crippen LogP contribution in [0.15, 0.2) is 12.4 Å². The lowest BCUT2D eigenvalue weighted by atomic mass is 9.93. The van der Waals surface area contributed by atoms with Crippen molar-refractivity contribution in [2.24, 2.45) is 5.92 Å². The molecule has 0 radical (unpaired) electrons. The fraction of sp³-hybridized carbons (Fsp3) is 0.600. The lowest BCUT2D eigenvalue weighted by Gasteiger charge is -2.33. The third-order valence-corrected chi connectivity index (χ3v) is 5.11. The average molecular weight is 290 g/mol. The van der Waals surface area contributed by atoms with Crippen molar-refractivity contribution in [1.82, 2.24) is 15.3 Å². The number of nitrogens with one attached hydrogen (secondary N) is 1. The molecule has 0 aromatic carbocycles. The molecule has 0 unspecified atom stereocenters. The minimum Gasteiger partial charge on any atom is -0.356 e. The highest BCUT2D eigenvalue weighted by Gasteiger charge is 2.21. The van der Waals surface area contributed by atoms with Crippen LogP contribution in [0.1, 0.15) is 24.1 Å². The first-order valence-electron chi connectivity index (χ1n) is 7.38. The van der Waals surface area contributed by atoms with Gasteiger partial charge in [0.1, 0.15) is 17.0 Å². The SMILES string of the molecule is CNCCC1CCN(c2ncnc3sc(C)cc23)CC1. The molecule has 0 atom stereocenters. The molecule has 20 heavy (non-hydrogen) atoms. The summed E-state index contributed by atoms with van der Waals surface area (Å²) in [5.74, 6) is 1.99. The van der Waals surface area contributed by atoms with E-state index in [2.05, 4.69) is 33.2 Å². The molecule has 1 aliphatic heterocycles. The monoisotopic (exact) mass is 290 g/mol. The van der Waals surface area contributed by atoms with Crippen molar-refractivity contribution in [3.63, 3.8) is 0 Å². The van der Waals surface area contributed by atoms with Gasteiger partial charge >= 0.3 is 0 Å². The lowest BCUT2D eigenvalue weighted by Crippen LogP contribution is -2.35. The first-order valence-corrected chi connectivity index (χ1v) is 8.20. The molecular weight excluding hydrogens is 268 g/mol. The zero-order valence-corrected chi connectivity index (χ0v) is 13.0. The number of hydrogen-bond acceptors (Lipinski definition) is 5. The van der Waals surface area contributed by atoms with Gasteiger partial charge in [0.15, 0.2) is 0 Å². The van der Waals surface area contributed by atoms with Crippen LogP contribution in [-0.4, -0.2) is 36.6 Å². The average Bonchev–Trinajstić information content (AvgIpc) is 2.85. The van der Waals surface area contributed by atoms with Gasteiger partial charge in [0.2, 0.25) is 0 Å². The van der Waals surface area contributed by atoms with E-state index in [0.29, 0.717) is 0 Å². The molecule has 1 saturated heterocycles. The molecule has 108 valence electrons. The summed E-state index contributed by atoms with van der Waals surface area (Å²) in [6.07, 6.45) is 5.55. The number of fused-ring (bicyclic) bond motifs is 1. The fourth-order valence-electron chi connectivity index (χ4n) is 3.00. The van der Waals surface area contributed by atoms with Crippen molar-refractivity contribution in [3.8, 4) is 0 Å². The Morgan fingerprint density at radius 2 is 2.15 bits per heavy atom. The number of thiophene rings is 1. The summed E-state index contributed by atoms with van der Waals surface area (Å²) in [6.45, 7) is 5.51. The third-order valence-electron chi connectivity index (χ3n) is 4.15. The van der Waals surface area contributed by atoms with Crippen molar-refractivity contribution in [2.45, 2.75) is 26.2 Å². The van der Waals surface area contributed by atoms with Crippen molar-refractivity contribution in [3.05, 3.63) is 17.3 Å². The maximum Gasteiger partial charge on any atom is 0.140 e. The minimum atomic E-state index is 0.861. The Hall–Kier alpha value is -1.20. The highest BCUT2D eigenvalue weighted by molar-refractivity contribution is 7.18. The van der Waals surface area contributed by atoms with Gasteiger partial charge in [-0.3, -0.25) is 0 Å². The molecule has 3 rings (SSSR count). The van der Waals surface area contributed by atoms with E-state index in [1.54, 1.807) is 17.7 Å². The van der Waals surface area contributed by atoms with E-state index >= 15 is 0 Å². The lowest BCUT2D eigenvalue weighted by molar-refractivity contribution is 0.377. The second kappa shape index (κ2) is 6.06. The molecule has 1 N–H and O–H groups in total. The Bertz CT molecular complexity index is 572. The second-order valence-electron chi connectivity index (χ2n) is 5.60. The molecule has 0 aliphatic carbocycles. The van der Waals surface area contributed by atoms with Gasteiger partial charge in [-0.1, -0.05) is 0 Å². The molecule has 0 saturated carbocycles. The van der Waals surface area contributed by atoms with Crippen LogP contribution in [0.4, 0.5) is 5.82 Å². The summed E-state index contributed by atoms with van der Waals surface area (Å²) < 4.78 is 0. The van der Waals surface area contributed by atoms with E-state index < -0.39 is 0 Å². The maximum atomic E-state index is 4.54. The van der Waals surface area contributed by atoms with Gasteiger partial charge in [-0.05, 0) is 51.8 Å². The Balaban J connectivity index is 1.73. The molecule has 4 nitrogen and oxygen atoms in total. The largest absolute Gasteiger partial charge is 0.356 e. The van der Waals surface area contributed by atoms with E-state index in [-0.39, 0.29) is 0 Å². The van der Waals surface area contributed by atoms with Crippen molar-refractivity contribution < 1.29 is 0 Å². The number of nitrogens with zero attached hydrogens (tertiary/aromatic N) is 3. The number of aromatic nitrogens is 2. The molecule has 0 amide bonds. The Morgan fingerprint density at radius 1 is 1.35 bits per heavy atom. The number of rotatable bonds is 4. The van der Waals surface area contributed by atoms with Crippen LogP contribution in [0.25, 0.3) is 10.2 Å². The van der Waals surface area contributed by atoms with Crippen LogP contribution in [0.3, 0.4) is 0 Å². The van der Waals surface area contributed by atoms with Crippen molar-refractivity contribution in [1.29, 1.82) is 0 Å². The van der Waals surface area contributed by atoms with E-state index in [4.69, 9.17) is 0 Å². The van der Waals surface area contributed by atoms with Crippen LogP contribution in [-0.2, 0) is 0 Å². The molecule has 2 aromatic rings. The first-order chi connectivity index (χ1) is 9.78. The van der Waals surface area contributed by atoms with E-state index in [0.717, 1.165) is 36.2 Å². The van der Waals surface area contributed by atoms with Gasteiger partial charge < -0.3 is 10.2 Å². The zero-order valence-electron chi connectivity index (χ0n) is 12.2. The van der Waals surface area contributed by atoms with Gasteiger partial charge in [-0.25, -0.2) is 9.97 Å². The molecular formula is C15H22N4S. The zero-order chi connectivity index (χ0) is 13.9. The van der Waals surface area contributed by atoms with Crippen molar-refractivity contribution >= 4 is 27.4 Å². The molecule has 3 heterocycles. The molecule has 1 fully saturated rings. The normalized spacial score (nSPS) is 17.0. The highest BCUT2D eigenvalue weighted by atomic mass is 32.1. The van der Waals surface area contributed by atoms with Crippen LogP contribution in [0.2, 0.25) is 0 Å². The Kier molecular flexibility index (Phi) is 4.17. The number of aryl methyl sites for hydroxylation is 1. The topological polar surface area (TPSA) is 41.0 Å². The minimum absolute atomic E-state index is 0.861. The Labute approximate surface area is 124 Å². The predicted molar refractivity (Wildman–Crippen MR) is 85.6 cm³/mol. The van der Waals surface area contributed by atoms with Gasteiger partial charge in [0, 0.05) is 18.0 Å². The highest BCUT2D eigenvalue weighted by Crippen LogP contribution is 2.32. The quantitative estimate of drug-likeness (QED) is 0.940. The Morgan fingerprint density at radius 3 is 2.90 bits per heavy atom. The van der Waals surface area contributed by atoms with Crippen LogP contribution >= 0.6 is 11.3 Å². The molecule has 0 bridgehead atoms. The number of anilines is 1. The van der Waals surface area contributed by atoms with Crippen molar-refractivity contribution in [2.75, 3.05) is 31.6 Å². The third kappa shape index (κ3) is 2.79. The molecule has 2 aromatic heterocycles. The van der Waals surface area contributed by atoms with E-state index in [9.17, 15) is 0 Å². The van der Waals surface area contributed by atoms with Gasteiger partial charge in [0.05, 0.1) is 5.39 Å². The standard InChI is InChI=1S/C15H22N4S/c1-11-9-13-14(17-10-18-15(13)20-11)19-7-4-12(5-8-19)3-6-16-2/h9-10,12,16H,3-8H2,1-2H3.